The van der Waals surface area contributed by atoms with E-state index in [1.54, 1.807) is 0 Å². The minimum absolute atomic E-state index is 0.515. The van der Waals surface area contributed by atoms with Gasteiger partial charge in [-0.3, -0.25) is 4.72 Å². The van der Waals surface area contributed by atoms with E-state index in [0.717, 1.165) is 45.0 Å². The van der Waals surface area contributed by atoms with Crippen LogP contribution in [0.3, 0.4) is 0 Å². The molecule has 2 rings (SSSR count). The second-order valence-electron chi connectivity index (χ2n) is 4.70. The first-order chi connectivity index (χ1) is 9.35. The molecule has 0 aliphatic carbocycles. The summed E-state index contributed by atoms with van der Waals surface area (Å²) >= 11 is 1.85. The minimum Gasteiger partial charge on any atom is -0.493 e. The van der Waals surface area contributed by atoms with Crippen molar-refractivity contribution in [2.24, 2.45) is 0 Å². The monoisotopic (exact) mass is 280 g/mol. The molecule has 3 nitrogen and oxygen atoms in total. The number of hydrogen-bond acceptors (Lipinski definition) is 4. The van der Waals surface area contributed by atoms with E-state index in [2.05, 4.69) is 41.7 Å². The molecule has 4 heteroatoms. The van der Waals surface area contributed by atoms with Crippen LogP contribution in [-0.2, 0) is 0 Å². The fraction of sp³-hybridized carbons (Fsp3) is 0.600. The number of rotatable bonds is 7. The molecule has 1 heterocycles. The van der Waals surface area contributed by atoms with E-state index in [-0.39, 0.29) is 0 Å². The normalized spacial score (nSPS) is 18.2. The van der Waals surface area contributed by atoms with E-state index >= 15 is 0 Å². The third-order valence-electron chi connectivity index (χ3n) is 3.55. The van der Waals surface area contributed by atoms with Crippen molar-refractivity contribution in [2.45, 2.75) is 25.5 Å². The van der Waals surface area contributed by atoms with E-state index in [9.17, 15) is 0 Å². The van der Waals surface area contributed by atoms with Crippen molar-refractivity contribution >= 4 is 11.9 Å². The Morgan fingerprint density at radius 1 is 1.32 bits per heavy atom. The number of para-hydroxylation sites is 1. The molecular weight excluding hydrogens is 256 g/mol. The Hall–Kier alpha value is -0.710. The Bertz CT molecular complexity index is 382. The minimum atomic E-state index is 0.515. The van der Waals surface area contributed by atoms with Crippen molar-refractivity contribution in [3.05, 3.63) is 29.8 Å². The molecule has 0 fully saturated rings. The second-order valence-corrected chi connectivity index (χ2v) is 5.80. The molecule has 0 saturated heterocycles. The molecule has 0 saturated carbocycles. The number of nitrogens with one attached hydrogen (secondary N) is 1. The fourth-order valence-corrected chi connectivity index (χ4v) is 3.28. The van der Waals surface area contributed by atoms with Crippen LogP contribution in [0, 0.1) is 0 Å². The topological polar surface area (TPSA) is 24.5 Å². The molecule has 0 bridgehead atoms. The lowest BCUT2D eigenvalue weighted by Crippen LogP contribution is -2.30. The zero-order valence-electron chi connectivity index (χ0n) is 11.9. The van der Waals surface area contributed by atoms with Gasteiger partial charge < -0.3 is 9.64 Å². The average Bonchev–Trinajstić information content (AvgIpc) is 2.47. The van der Waals surface area contributed by atoms with Crippen molar-refractivity contribution in [1.82, 2.24) is 9.62 Å². The van der Waals surface area contributed by atoms with Gasteiger partial charge in [0.1, 0.15) is 5.75 Å². The molecule has 0 radical (unpaired) electrons. The van der Waals surface area contributed by atoms with E-state index < -0.39 is 0 Å². The molecule has 1 aromatic rings. The van der Waals surface area contributed by atoms with Gasteiger partial charge in [0.05, 0.1) is 11.9 Å². The van der Waals surface area contributed by atoms with Gasteiger partial charge in [-0.15, -0.1) is 0 Å². The Morgan fingerprint density at radius 3 is 2.89 bits per heavy atom. The molecule has 19 heavy (non-hydrogen) atoms. The first kappa shape index (κ1) is 14.7. The van der Waals surface area contributed by atoms with Crippen LogP contribution in [0.5, 0.6) is 5.75 Å². The number of nitrogens with zero attached hydrogens (tertiary/aromatic N) is 1. The summed E-state index contributed by atoms with van der Waals surface area (Å²) in [5.41, 5.74) is 1.33. The number of fused-ring (bicyclic) bond motifs is 1. The van der Waals surface area contributed by atoms with E-state index in [1.807, 2.05) is 18.0 Å². The van der Waals surface area contributed by atoms with Crippen LogP contribution in [0.2, 0.25) is 0 Å². The number of hydrogen-bond donors (Lipinski definition) is 1. The predicted octanol–water partition coefficient (Wildman–Crippen LogP) is 3.09. The largest absolute Gasteiger partial charge is 0.493 e. The SMILES string of the molecule is CCN(CC)CCNSC1CCOc2ccccc21. The summed E-state index contributed by atoms with van der Waals surface area (Å²) in [4.78, 5) is 2.44. The van der Waals surface area contributed by atoms with Crippen molar-refractivity contribution in [3.8, 4) is 5.75 Å². The lowest BCUT2D eigenvalue weighted by Gasteiger charge is -2.26. The van der Waals surface area contributed by atoms with Crippen molar-refractivity contribution in [2.75, 3.05) is 32.8 Å². The van der Waals surface area contributed by atoms with Crippen LogP contribution < -0.4 is 9.46 Å². The molecule has 1 aliphatic rings. The molecule has 1 aliphatic heterocycles. The van der Waals surface area contributed by atoms with Crippen molar-refractivity contribution < 1.29 is 4.74 Å². The summed E-state index contributed by atoms with van der Waals surface area (Å²) in [5, 5.41) is 0.515. The van der Waals surface area contributed by atoms with Gasteiger partial charge in [-0.05, 0) is 25.6 Å². The third-order valence-corrected chi connectivity index (χ3v) is 4.70. The number of benzene rings is 1. The lowest BCUT2D eigenvalue weighted by atomic mass is 10.1. The Morgan fingerprint density at radius 2 is 2.11 bits per heavy atom. The van der Waals surface area contributed by atoms with Gasteiger partial charge in [0, 0.05) is 18.7 Å². The smallest absolute Gasteiger partial charge is 0.123 e. The molecule has 1 atom stereocenters. The highest BCUT2D eigenvalue weighted by Gasteiger charge is 2.21. The first-order valence-electron chi connectivity index (χ1n) is 7.17. The fourth-order valence-electron chi connectivity index (χ4n) is 2.33. The van der Waals surface area contributed by atoms with Crippen LogP contribution in [0.15, 0.2) is 24.3 Å². The first-order valence-corrected chi connectivity index (χ1v) is 8.05. The van der Waals surface area contributed by atoms with Crippen LogP contribution in [0.25, 0.3) is 0 Å². The van der Waals surface area contributed by atoms with Gasteiger partial charge in [0.25, 0.3) is 0 Å². The molecule has 0 amide bonds. The number of likely N-dealkylation sites (N-methyl/N-ethyl adjacent to an activating group) is 1. The summed E-state index contributed by atoms with van der Waals surface area (Å²) in [6, 6.07) is 8.38. The van der Waals surface area contributed by atoms with Gasteiger partial charge in [0.2, 0.25) is 0 Å². The van der Waals surface area contributed by atoms with Gasteiger partial charge in [0.15, 0.2) is 0 Å². The highest BCUT2D eigenvalue weighted by Crippen LogP contribution is 2.39. The van der Waals surface area contributed by atoms with Gasteiger partial charge >= 0.3 is 0 Å². The Labute approximate surface area is 120 Å². The van der Waals surface area contributed by atoms with Crippen LogP contribution in [0.4, 0.5) is 0 Å². The zero-order valence-corrected chi connectivity index (χ0v) is 12.7. The summed E-state index contributed by atoms with van der Waals surface area (Å²) in [6.07, 6.45) is 1.08. The highest BCUT2D eigenvalue weighted by molar-refractivity contribution is 7.97. The maximum absolute atomic E-state index is 5.68. The molecule has 1 N–H and O–H groups in total. The predicted molar refractivity (Wildman–Crippen MR) is 82.7 cm³/mol. The van der Waals surface area contributed by atoms with Gasteiger partial charge in [-0.1, -0.05) is 44.0 Å². The number of ether oxygens (including phenoxy) is 1. The second kappa shape index (κ2) is 7.78. The quantitative estimate of drug-likeness (QED) is 0.613. The zero-order chi connectivity index (χ0) is 13.5. The van der Waals surface area contributed by atoms with Crippen LogP contribution in [0.1, 0.15) is 31.1 Å². The van der Waals surface area contributed by atoms with Crippen molar-refractivity contribution in [1.29, 1.82) is 0 Å². The molecule has 1 unspecified atom stereocenters. The van der Waals surface area contributed by atoms with Crippen molar-refractivity contribution in [3.63, 3.8) is 0 Å². The van der Waals surface area contributed by atoms with E-state index in [0.29, 0.717) is 5.25 Å². The summed E-state index contributed by atoms with van der Waals surface area (Å²) in [7, 11) is 0. The third kappa shape index (κ3) is 4.13. The maximum Gasteiger partial charge on any atom is 0.123 e. The Balaban J connectivity index is 1.78. The highest BCUT2D eigenvalue weighted by atomic mass is 32.2. The van der Waals surface area contributed by atoms with Crippen LogP contribution >= 0.6 is 11.9 Å². The van der Waals surface area contributed by atoms with Gasteiger partial charge in [-0.25, -0.2) is 0 Å². The van der Waals surface area contributed by atoms with Crippen LogP contribution in [-0.4, -0.2) is 37.7 Å². The molecular formula is C15H24N2OS. The van der Waals surface area contributed by atoms with Gasteiger partial charge in [-0.2, -0.15) is 0 Å². The average molecular weight is 280 g/mol. The Kier molecular flexibility index (Phi) is 6.01. The lowest BCUT2D eigenvalue weighted by molar-refractivity contribution is 0.286. The maximum atomic E-state index is 5.68. The standard InChI is InChI=1S/C15H24N2OS/c1-3-17(4-2)11-10-16-19-15-9-12-18-14-8-6-5-7-13(14)15/h5-8,15-16H,3-4,9-12H2,1-2H3. The molecule has 0 spiro atoms. The van der Waals surface area contributed by atoms with E-state index in [4.69, 9.17) is 4.74 Å². The summed E-state index contributed by atoms with van der Waals surface area (Å²) in [5.74, 6) is 1.05. The van der Waals surface area contributed by atoms with E-state index in [1.165, 1.54) is 5.56 Å². The molecule has 1 aromatic carbocycles. The summed E-state index contributed by atoms with van der Waals surface area (Å²) < 4.78 is 9.20. The summed E-state index contributed by atoms with van der Waals surface area (Å²) in [6.45, 7) is 9.66. The molecule has 0 aromatic heterocycles. The molecule has 106 valence electrons.